The first-order valence-corrected chi connectivity index (χ1v) is 9.49. The molecule has 0 bridgehead atoms. The molecule has 1 fully saturated rings. The lowest BCUT2D eigenvalue weighted by molar-refractivity contribution is 0.0427. The van der Waals surface area contributed by atoms with E-state index in [9.17, 15) is 0 Å². The lowest BCUT2D eigenvalue weighted by Crippen LogP contribution is -2.54. The number of nitrogens with two attached hydrogens (primary N) is 1. The van der Waals surface area contributed by atoms with Crippen molar-refractivity contribution in [2.75, 3.05) is 39.3 Å². The number of hydrogen-bond acceptors (Lipinski definition) is 4. The highest BCUT2D eigenvalue weighted by atomic mass is 16.5. The third kappa shape index (κ3) is 4.95. The van der Waals surface area contributed by atoms with Gasteiger partial charge in [0.2, 0.25) is 0 Å². The third-order valence-corrected chi connectivity index (χ3v) is 5.00. The van der Waals surface area contributed by atoms with Gasteiger partial charge >= 0.3 is 0 Å². The Morgan fingerprint density at radius 1 is 1.17 bits per heavy atom. The van der Waals surface area contributed by atoms with Gasteiger partial charge in [-0.25, -0.2) is 0 Å². The predicted octanol–water partition coefficient (Wildman–Crippen LogP) is 3.14. The summed E-state index contributed by atoms with van der Waals surface area (Å²) in [6, 6.07) is 9.43. The largest absolute Gasteiger partial charge is 0.493 e. The molecule has 1 aromatic carbocycles. The first-order valence-electron chi connectivity index (χ1n) is 9.49. The van der Waals surface area contributed by atoms with Crippen LogP contribution in [0.2, 0.25) is 0 Å². The molecule has 0 aromatic heterocycles. The van der Waals surface area contributed by atoms with E-state index in [2.05, 4.69) is 61.8 Å². The second-order valence-electron chi connectivity index (χ2n) is 7.22. The van der Waals surface area contributed by atoms with Gasteiger partial charge in [-0.3, -0.25) is 4.90 Å². The molecule has 2 N–H and O–H groups in total. The summed E-state index contributed by atoms with van der Waals surface area (Å²) < 4.78 is 5.80. The molecule has 2 unspecified atom stereocenters. The van der Waals surface area contributed by atoms with Crippen molar-refractivity contribution >= 4 is 0 Å². The number of likely N-dealkylation sites (N-methyl/N-ethyl adjacent to an activating group) is 1. The molecule has 1 aliphatic heterocycles. The van der Waals surface area contributed by atoms with Crippen LogP contribution in [0, 0.1) is 5.92 Å². The third-order valence-electron chi connectivity index (χ3n) is 5.00. The molecule has 2 atom stereocenters. The average molecular weight is 334 g/mol. The Labute approximate surface area is 148 Å². The molecular weight excluding hydrogens is 298 g/mol. The number of piperazine rings is 1. The van der Waals surface area contributed by atoms with Gasteiger partial charge in [-0.15, -0.1) is 0 Å². The van der Waals surface area contributed by atoms with Crippen LogP contribution in [-0.4, -0.2) is 55.2 Å². The summed E-state index contributed by atoms with van der Waals surface area (Å²) in [7, 11) is 0. The fourth-order valence-electron chi connectivity index (χ4n) is 3.51. The highest BCUT2D eigenvalue weighted by Crippen LogP contribution is 2.27. The molecule has 1 aromatic rings. The van der Waals surface area contributed by atoms with E-state index in [1.807, 2.05) is 0 Å². The van der Waals surface area contributed by atoms with Crippen LogP contribution in [0.3, 0.4) is 0 Å². The van der Waals surface area contributed by atoms with E-state index in [4.69, 9.17) is 10.5 Å². The number of ether oxygens (including phenoxy) is 1. The smallest absolute Gasteiger partial charge is 0.119 e. The predicted molar refractivity (Wildman–Crippen MR) is 101 cm³/mol. The Balaban J connectivity index is 2.07. The van der Waals surface area contributed by atoms with Crippen LogP contribution in [0.5, 0.6) is 5.75 Å². The van der Waals surface area contributed by atoms with Gasteiger partial charge in [-0.1, -0.05) is 39.8 Å². The fourth-order valence-corrected chi connectivity index (χ4v) is 3.51. The fraction of sp³-hybridized carbons (Fsp3) is 0.700. The standard InChI is InChI=1S/C20H35N3O/c1-5-18-14-22(6-2)11-12-23(18)20(13-21)17-7-9-19(10-8-17)24-15-16(3)4/h7-10,16,18,20H,5-6,11-15,21H2,1-4H3. The van der Waals surface area contributed by atoms with Crippen molar-refractivity contribution in [3.63, 3.8) is 0 Å². The molecular formula is C20H35N3O. The van der Waals surface area contributed by atoms with E-state index >= 15 is 0 Å². The van der Waals surface area contributed by atoms with Crippen molar-refractivity contribution in [1.82, 2.24) is 9.80 Å². The Bertz CT molecular complexity index is 474. The van der Waals surface area contributed by atoms with Crippen molar-refractivity contribution in [2.45, 2.75) is 46.2 Å². The van der Waals surface area contributed by atoms with Gasteiger partial charge < -0.3 is 15.4 Å². The highest BCUT2D eigenvalue weighted by molar-refractivity contribution is 5.29. The summed E-state index contributed by atoms with van der Waals surface area (Å²) in [4.78, 5) is 5.15. The molecule has 0 aliphatic carbocycles. The Hall–Kier alpha value is -1.10. The molecule has 1 heterocycles. The summed E-state index contributed by atoms with van der Waals surface area (Å²) in [6.45, 7) is 14.8. The van der Waals surface area contributed by atoms with E-state index in [0.717, 1.165) is 38.5 Å². The normalized spacial score (nSPS) is 21.2. The Morgan fingerprint density at radius 3 is 2.42 bits per heavy atom. The zero-order chi connectivity index (χ0) is 17.5. The Morgan fingerprint density at radius 2 is 1.88 bits per heavy atom. The molecule has 4 heteroatoms. The van der Waals surface area contributed by atoms with Crippen molar-refractivity contribution in [1.29, 1.82) is 0 Å². The van der Waals surface area contributed by atoms with Gasteiger partial charge in [-0.2, -0.15) is 0 Å². The van der Waals surface area contributed by atoms with Crippen molar-refractivity contribution in [2.24, 2.45) is 11.7 Å². The van der Waals surface area contributed by atoms with Crippen LogP contribution in [0.25, 0.3) is 0 Å². The maximum absolute atomic E-state index is 6.17. The first kappa shape index (κ1) is 19.2. The van der Waals surface area contributed by atoms with Crippen molar-refractivity contribution < 1.29 is 4.74 Å². The number of benzene rings is 1. The van der Waals surface area contributed by atoms with Gasteiger partial charge in [0.25, 0.3) is 0 Å². The van der Waals surface area contributed by atoms with Crippen LogP contribution in [0.15, 0.2) is 24.3 Å². The lowest BCUT2D eigenvalue weighted by Gasteiger charge is -2.44. The molecule has 1 aliphatic rings. The minimum absolute atomic E-state index is 0.299. The quantitative estimate of drug-likeness (QED) is 0.793. The van der Waals surface area contributed by atoms with Crippen LogP contribution in [0.1, 0.15) is 45.7 Å². The number of rotatable bonds is 8. The minimum Gasteiger partial charge on any atom is -0.493 e. The van der Waals surface area contributed by atoms with Crippen LogP contribution in [0.4, 0.5) is 0 Å². The van der Waals surface area contributed by atoms with Crippen molar-refractivity contribution in [3.8, 4) is 5.75 Å². The molecule has 1 saturated heterocycles. The molecule has 24 heavy (non-hydrogen) atoms. The van der Waals surface area contributed by atoms with Gasteiger partial charge in [0.15, 0.2) is 0 Å². The SMILES string of the molecule is CCC1CN(CC)CCN1C(CN)c1ccc(OCC(C)C)cc1. The van der Waals surface area contributed by atoms with E-state index < -0.39 is 0 Å². The molecule has 0 amide bonds. The zero-order valence-electron chi connectivity index (χ0n) is 15.9. The van der Waals surface area contributed by atoms with Crippen LogP contribution in [-0.2, 0) is 0 Å². The summed E-state index contributed by atoms with van der Waals surface area (Å²) >= 11 is 0. The summed E-state index contributed by atoms with van der Waals surface area (Å²) in [5.41, 5.74) is 7.47. The molecule has 2 rings (SSSR count). The topological polar surface area (TPSA) is 41.7 Å². The van der Waals surface area contributed by atoms with E-state index in [-0.39, 0.29) is 0 Å². The van der Waals surface area contributed by atoms with E-state index in [1.54, 1.807) is 0 Å². The number of hydrogen-bond donors (Lipinski definition) is 1. The molecule has 4 nitrogen and oxygen atoms in total. The van der Waals surface area contributed by atoms with Crippen LogP contribution >= 0.6 is 0 Å². The number of nitrogens with zero attached hydrogens (tertiary/aromatic N) is 2. The maximum Gasteiger partial charge on any atom is 0.119 e. The van der Waals surface area contributed by atoms with Crippen molar-refractivity contribution in [3.05, 3.63) is 29.8 Å². The van der Waals surface area contributed by atoms with Gasteiger partial charge in [0.1, 0.15) is 5.75 Å². The lowest BCUT2D eigenvalue weighted by atomic mass is 10.00. The summed E-state index contributed by atoms with van der Waals surface area (Å²) in [5, 5.41) is 0. The first-order chi connectivity index (χ1) is 11.6. The average Bonchev–Trinajstić information content (AvgIpc) is 2.61. The second kappa shape index (κ2) is 9.40. The van der Waals surface area contributed by atoms with Gasteiger partial charge in [0, 0.05) is 38.3 Å². The van der Waals surface area contributed by atoms with Gasteiger partial charge in [-0.05, 0) is 36.6 Å². The highest BCUT2D eigenvalue weighted by Gasteiger charge is 2.30. The summed E-state index contributed by atoms with van der Waals surface area (Å²) in [6.07, 6.45) is 1.17. The minimum atomic E-state index is 0.299. The zero-order valence-corrected chi connectivity index (χ0v) is 15.9. The van der Waals surface area contributed by atoms with Gasteiger partial charge in [0.05, 0.1) is 6.61 Å². The maximum atomic E-state index is 6.17. The molecule has 0 spiro atoms. The molecule has 136 valence electrons. The molecule has 0 saturated carbocycles. The molecule has 0 radical (unpaired) electrons. The van der Waals surface area contributed by atoms with E-state index in [1.165, 1.54) is 12.0 Å². The second-order valence-corrected chi connectivity index (χ2v) is 7.22. The monoisotopic (exact) mass is 333 g/mol. The Kier molecular flexibility index (Phi) is 7.53. The summed E-state index contributed by atoms with van der Waals surface area (Å²) in [5.74, 6) is 1.49. The van der Waals surface area contributed by atoms with E-state index in [0.29, 0.717) is 24.5 Å². The van der Waals surface area contributed by atoms with Crippen LogP contribution < -0.4 is 10.5 Å².